The molecule has 4 rings (SSSR count). The highest BCUT2D eigenvalue weighted by molar-refractivity contribution is 5.53. The third kappa shape index (κ3) is 4.80. The Morgan fingerprint density at radius 2 is 0.853 bits per heavy atom. The highest BCUT2D eigenvalue weighted by Crippen LogP contribution is 2.33. The molecule has 0 saturated carbocycles. The van der Waals surface area contributed by atoms with Gasteiger partial charge in [0.25, 0.3) is 0 Å². The van der Waals surface area contributed by atoms with Crippen LogP contribution in [0.5, 0.6) is 5.75 Å². The minimum absolute atomic E-state index is 0.394. The first-order chi connectivity index (χ1) is 16.3. The molecule has 34 heavy (non-hydrogen) atoms. The molecular weight excluding hydrogens is 412 g/mol. The molecule has 1 nitrogen and oxygen atoms in total. The first-order valence-electron chi connectivity index (χ1n) is 12.2. The lowest BCUT2D eigenvalue weighted by atomic mass is 9.85. The number of benzene rings is 4. The molecule has 0 saturated heterocycles. The van der Waals surface area contributed by atoms with Crippen LogP contribution in [0.1, 0.15) is 66.8 Å². The summed E-state index contributed by atoms with van der Waals surface area (Å²) in [6.07, 6.45) is 2.43. The highest BCUT2D eigenvalue weighted by Gasteiger charge is 2.18. The summed E-state index contributed by atoms with van der Waals surface area (Å²) >= 11 is 0. The lowest BCUT2D eigenvalue weighted by molar-refractivity contribution is 0.468. The average Bonchev–Trinajstić information content (AvgIpc) is 2.81. The van der Waals surface area contributed by atoms with Crippen molar-refractivity contribution < 1.29 is 5.11 Å². The molecule has 0 aliphatic rings. The van der Waals surface area contributed by atoms with Gasteiger partial charge in [0.15, 0.2) is 0 Å². The molecule has 174 valence electrons. The minimum atomic E-state index is 0.394. The predicted molar refractivity (Wildman–Crippen MR) is 144 cm³/mol. The second kappa shape index (κ2) is 9.89. The van der Waals surface area contributed by atoms with Gasteiger partial charge in [0.2, 0.25) is 0 Å². The molecule has 0 aliphatic carbocycles. The topological polar surface area (TPSA) is 20.2 Å². The molecule has 0 atom stereocenters. The van der Waals surface area contributed by atoms with E-state index in [2.05, 4.69) is 102 Å². The molecule has 0 unspecified atom stereocenters. The summed E-state index contributed by atoms with van der Waals surface area (Å²) in [6, 6.07) is 23.6. The molecule has 0 bridgehead atoms. The molecule has 0 heterocycles. The van der Waals surface area contributed by atoms with Crippen LogP contribution in [-0.4, -0.2) is 5.11 Å². The number of rotatable bonds is 6. The quantitative estimate of drug-likeness (QED) is 0.317. The lowest BCUT2D eigenvalue weighted by Gasteiger charge is -2.20. The van der Waals surface area contributed by atoms with Gasteiger partial charge in [-0.05, 0) is 122 Å². The van der Waals surface area contributed by atoms with Gasteiger partial charge in [0, 0.05) is 12.0 Å². The van der Waals surface area contributed by atoms with Crippen molar-refractivity contribution in [3.8, 4) is 5.75 Å². The van der Waals surface area contributed by atoms with Crippen molar-refractivity contribution in [2.45, 2.75) is 60.8 Å². The van der Waals surface area contributed by atoms with E-state index in [0.717, 1.165) is 24.8 Å². The van der Waals surface area contributed by atoms with Gasteiger partial charge in [-0.3, -0.25) is 0 Å². The molecule has 1 heteroatoms. The van der Waals surface area contributed by atoms with E-state index in [4.69, 9.17) is 0 Å². The maximum atomic E-state index is 11.1. The summed E-state index contributed by atoms with van der Waals surface area (Å²) in [5.41, 5.74) is 15.5. The van der Waals surface area contributed by atoms with E-state index in [1.807, 2.05) is 6.07 Å². The summed E-state index contributed by atoms with van der Waals surface area (Å²) in [4.78, 5) is 0. The molecule has 0 spiro atoms. The lowest BCUT2D eigenvalue weighted by Crippen LogP contribution is -2.07. The summed E-state index contributed by atoms with van der Waals surface area (Å²) in [7, 11) is 0. The van der Waals surface area contributed by atoms with Crippen molar-refractivity contribution in [2.75, 3.05) is 0 Å². The number of hydrogen-bond acceptors (Lipinski definition) is 1. The van der Waals surface area contributed by atoms with E-state index in [0.29, 0.717) is 5.75 Å². The van der Waals surface area contributed by atoms with Crippen molar-refractivity contribution in [1.29, 1.82) is 0 Å². The zero-order valence-electron chi connectivity index (χ0n) is 21.4. The van der Waals surface area contributed by atoms with Gasteiger partial charge in [-0.15, -0.1) is 0 Å². The van der Waals surface area contributed by atoms with Crippen molar-refractivity contribution in [3.05, 3.63) is 133 Å². The third-order valence-electron chi connectivity index (χ3n) is 7.77. The Morgan fingerprint density at radius 3 is 1.32 bits per heavy atom. The highest BCUT2D eigenvalue weighted by atomic mass is 16.3. The van der Waals surface area contributed by atoms with Crippen LogP contribution >= 0.6 is 0 Å². The molecule has 0 amide bonds. The monoisotopic (exact) mass is 448 g/mol. The molecule has 4 aromatic carbocycles. The Balaban J connectivity index is 1.87. The van der Waals surface area contributed by atoms with E-state index < -0.39 is 0 Å². The zero-order valence-corrected chi connectivity index (χ0v) is 21.4. The number of phenols is 1. The van der Waals surface area contributed by atoms with Gasteiger partial charge in [-0.1, -0.05) is 60.7 Å². The number of aryl methyl sites for hydroxylation is 3. The van der Waals surface area contributed by atoms with Crippen LogP contribution in [0.4, 0.5) is 0 Å². The van der Waals surface area contributed by atoms with Crippen molar-refractivity contribution >= 4 is 0 Å². The maximum Gasteiger partial charge on any atom is 0.119 e. The summed E-state index contributed by atoms with van der Waals surface area (Å²) in [6.45, 7) is 13.1. The molecule has 0 fully saturated rings. The van der Waals surface area contributed by atoms with E-state index >= 15 is 0 Å². The Hall–Kier alpha value is -3.32. The van der Waals surface area contributed by atoms with E-state index in [1.165, 1.54) is 61.2 Å². The number of phenolic OH excluding ortho intramolecular Hbond substituents is 1. The number of hydrogen-bond donors (Lipinski definition) is 1. The molecule has 0 aliphatic heterocycles. The van der Waals surface area contributed by atoms with E-state index in [-0.39, 0.29) is 0 Å². The van der Waals surface area contributed by atoms with Crippen LogP contribution in [0.2, 0.25) is 0 Å². The van der Waals surface area contributed by atoms with Gasteiger partial charge in [0.1, 0.15) is 5.75 Å². The largest absolute Gasteiger partial charge is 0.508 e. The minimum Gasteiger partial charge on any atom is -0.508 e. The van der Waals surface area contributed by atoms with Gasteiger partial charge in [-0.25, -0.2) is 0 Å². The second-order valence-electron chi connectivity index (χ2n) is 9.81. The van der Waals surface area contributed by atoms with Gasteiger partial charge >= 0.3 is 0 Å². The fraction of sp³-hybridized carbons (Fsp3) is 0.273. The van der Waals surface area contributed by atoms with E-state index in [1.54, 1.807) is 0 Å². The average molecular weight is 449 g/mol. The molecule has 1 N–H and O–H groups in total. The summed E-state index contributed by atoms with van der Waals surface area (Å²) in [5, 5.41) is 11.1. The van der Waals surface area contributed by atoms with Gasteiger partial charge in [0.05, 0.1) is 0 Å². The van der Waals surface area contributed by atoms with Crippen LogP contribution in [0.3, 0.4) is 0 Å². The predicted octanol–water partition coefficient (Wildman–Crippen LogP) is 8.02. The molecule has 4 aromatic rings. The summed E-state index contributed by atoms with van der Waals surface area (Å²) < 4.78 is 0. The standard InChI is InChI=1S/C33H36O/c1-21-10-7-13-27(24(21)4)18-30-16-17-33(34)32(20-29-15-9-12-23(3)26(29)6)31(30)19-28-14-8-11-22(2)25(28)5/h7-17,34H,18-20H2,1-6H3. The Bertz CT molecular complexity index is 1340. The van der Waals surface area contributed by atoms with Gasteiger partial charge in [-0.2, -0.15) is 0 Å². The fourth-order valence-corrected chi connectivity index (χ4v) is 4.91. The Morgan fingerprint density at radius 1 is 0.441 bits per heavy atom. The second-order valence-corrected chi connectivity index (χ2v) is 9.81. The van der Waals surface area contributed by atoms with E-state index in [9.17, 15) is 5.11 Å². The maximum absolute atomic E-state index is 11.1. The van der Waals surface area contributed by atoms with Crippen molar-refractivity contribution in [2.24, 2.45) is 0 Å². The Labute approximate surface area is 205 Å². The fourth-order valence-electron chi connectivity index (χ4n) is 4.91. The van der Waals surface area contributed by atoms with Crippen molar-refractivity contribution in [3.63, 3.8) is 0 Å². The van der Waals surface area contributed by atoms with Crippen LogP contribution in [0, 0.1) is 41.5 Å². The Kier molecular flexibility index (Phi) is 6.93. The normalized spacial score (nSPS) is 11.1. The third-order valence-corrected chi connectivity index (χ3v) is 7.77. The van der Waals surface area contributed by atoms with Crippen LogP contribution in [-0.2, 0) is 19.3 Å². The first-order valence-corrected chi connectivity index (χ1v) is 12.2. The van der Waals surface area contributed by atoms with Crippen LogP contribution in [0.15, 0.2) is 66.7 Å². The molecule has 0 radical (unpaired) electrons. The van der Waals surface area contributed by atoms with Crippen LogP contribution < -0.4 is 0 Å². The SMILES string of the molecule is Cc1cccc(Cc2ccc(O)c(Cc3cccc(C)c3C)c2Cc2cccc(C)c2C)c1C. The zero-order chi connectivity index (χ0) is 24.4. The van der Waals surface area contributed by atoms with Crippen molar-refractivity contribution in [1.82, 2.24) is 0 Å². The smallest absolute Gasteiger partial charge is 0.119 e. The molecular formula is C33H36O. The summed E-state index contributed by atoms with van der Waals surface area (Å²) in [5.74, 6) is 0.394. The van der Waals surface area contributed by atoms with Gasteiger partial charge < -0.3 is 5.11 Å². The number of aromatic hydroxyl groups is 1. The molecule has 0 aromatic heterocycles. The first kappa shape index (κ1) is 23.8. The van der Waals surface area contributed by atoms with Crippen LogP contribution in [0.25, 0.3) is 0 Å².